The first-order valence-corrected chi connectivity index (χ1v) is 8.64. The van der Waals surface area contributed by atoms with Crippen LogP contribution in [-0.4, -0.2) is 12.2 Å². The summed E-state index contributed by atoms with van der Waals surface area (Å²) in [5.41, 5.74) is 6.59. The second kappa shape index (κ2) is 6.52. The van der Waals surface area contributed by atoms with Gasteiger partial charge in [-0.1, -0.05) is 81.4 Å². The molecule has 0 aliphatic carbocycles. The Labute approximate surface area is 124 Å². The van der Waals surface area contributed by atoms with Gasteiger partial charge >= 0.3 is 0 Å². The van der Waals surface area contributed by atoms with Crippen LogP contribution in [0.1, 0.15) is 20.8 Å². The molecule has 20 heavy (non-hydrogen) atoms. The lowest BCUT2D eigenvalue weighted by Gasteiger charge is -2.31. The van der Waals surface area contributed by atoms with Crippen LogP contribution < -0.4 is 16.3 Å². The fourth-order valence-corrected chi connectivity index (χ4v) is 4.77. The zero-order valence-corrected chi connectivity index (χ0v) is 13.5. The van der Waals surface area contributed by atoms with E-state index in [2.05, 4.69) is 81.4 Å². The van der Waals surface area contributed by atoms with E-state index in [9.17, 15) is 0 Å². The van der Waals surface area contributed by atoms with E-state index in [1.807, 2.05) is 0 Å². The summed E-state index contributed by atoms with van der Waals surface area (Å²) in [5.74, 6) is 0. The van der Waals surface area contributed by atoms with Crippen molar-refractivity contribution in [2.45, 2.75) is 26.8 Å². The predicted molar refractivity (Wildman–Crippen MR) is 91.4 cm³/mol. The maximum absolute atomic E-state index is 6.44. The van der Waals surface area contributed by atoms with Crippen LogP contribution in [0, 0.1) is 5.41 Å². The Kier molecular flexibility index (Phi) is 4.96. The van der Waals surface area contributed by atoms with Gasteiger partial charge in [-0.15, -0.1) is 0 Å². The molecule has 2 aromatic rings. The van der Waals surface area contributed by atoms with Crippen molar-refractivity contribution in [1.29, 1.82) is 0 Å². The van der Waals surface area contributed by atoms with Crippen molar-refractivity contribution in [3.05, 3.63) is 60.7 Å². The van der Waals surface area contributed by atoms with Crippen molar-refractivity contribution in [1.82, 2.24) is 0 Å². The van der Waals surface area contributed by atoms with E-state index in [0.717, 1.165) is 6.16 Å². The molecule has 1 nitrogen and oxygen atoms in total. The van der Waals surface area contributed by atoms with Crippen LogP contribution in [0.15, 0.2) is 60.7 Å². The second-order valence-electron chi connectivity index (χ2n) is 6.25. The smallest absolute Gasteiger partial charge is 0.0133 e. The van der Waals surface area contributed by atoms with Gasteiger partial charge in [0.25, 0.3) is 0 Å². The maximum atomic E-state index is 6.44. The number of hydrogen-bond donors (Lipinski definition) is 1. The van der Waals surface area contributed by atoms with Gasteiger partial charge in [-0.05, 0) is 30.1 Å². The van der Waals surface area contributed by atoms with Crippen LogP contribution in [-0.2, 0) is 0 Å². The van der Waals surface area contributed by atoms with Crippen LogP contribution in [0.2, 0.25) is 0 Å². The van der Waals surface area contributed by atoms with Crippen LogP contribution in [0.5, 0.6) is 0 Å². The fraction of sp³-hybridized carbons (Fsp3) is 0.333. The van der Waals surface area contributed by atoms with E-state index in [0.29, 0.717) is 0 Å². The minimum absolute atomic E-state index is 0.143. The highest BCUT2D eigenvalue weighted by Gasteiger charge is 2.25. The molecular formula is C18H24NP. The SMILES string of the molecule is CC(C)(C)C(N)CP(c1ccccc1)c1ccccc1. The van der Waals surface area contributed by atoms with Crippen molar-refractivity contribution >= 4 is 18.5 Å². The highest BCUT2D eigenvalue weighted by Crippen LogP contribution is 2.37. The van der Waals surface area contributed by atoms with Gasteiger partial charge in [0.2, 0.25) is 0 Å². The second-order valence-corrected chi connectivity index (χ2v) is 8.51. The lowest BCUT2D eigenvalue weighted by Crippen LogP contribution is -2.39. The fourth-order valence-electron chi connectivity index (χ4n) is 2.05. The van der Waals surface area contributed by atoms with Crippen molar-refractivity contribution in [2.24, 2.45) is 11.1 Å². The average Bonchev–Trinajstić information content (AvgIpc) is 2.45. The van der Waals surface area contributed by atoms with Gasteiger partial charge in [-0.2, -0.15) is 0 Å². The highest BCUT2D eigenvalue weighted by molar-refractivity contribution is 7.73. The Morgan fingerprint density at radius 2 is 1.25 bits per heavy atom. The standard InChI is InChI=1S/C18H24NP/c1-18(2,3)17(19)14-20(15-10-6-4-7-11-15)16-12-8-5-9-13-16/h4-13,17H,14,19H2,1-3H3. The van der Waals surface area contributed by atoms with E-state index in [4.69, 9.17) is 5.73 Å². The van der Waals surface area contributed by atoms with Gasteiger partial charge in [-0.25, -0.2) is 0 Å². The molecule has 2 rings (SSSR count). The van der Waals surface area contributed by atoms with Gasteiger partial charge in [0.15, 0.2) is 0 Å². The summed E-state index contributed by atoms with van der Waals surface area (Å²) >= 11 is 0. The molecule has 0 saturated heterocycles. The topological polar surface area (TPSA) is 26.0 Å². The summed E-state index contributed by atoms with van der Waals surface area (Å²) in [7, 11) is -0.380. The highest BCUT2D eigenvalue weighted by atomic mass is 31.1. The Balaban J connectivity index is 2.31. The molecular weight excluding hydrogens is 261 g/mol. The monoisotopic (exact) mass is 285 g/mol. The molecule has 0 fully saturated rings. The van der Waals surface area contributed by atoms with Crippen LogP contribution >= 0.6 is 7.92 Å². The lowest BCUT2D eigenvalue weighted by molar-refractivity contribution is 0.343. The normalized spacial score (nSPS) is 13.4. The van der Waals surface area contributed by atoms with E-state index < -0.39 is 0 Å². The van der Waals surface area contributed by atoms with Crippen molar-refractivity contribution in [3.63, 3.8) is 0 Å². The summed E-state index contributed by atoms with van der Waals surface area (Å²) in [6.45, 7) is 6.67. The zero-order chi connectivity index (χ0) is 14.6. The summed E-state index contributed by atoms with van der Waals surface area (Å²) in [6, 6.07) is 21.8. The summed E-state index contributed by atoms with van der Waals surface area (Å²) in [4.78, 5) is 0. The number of hydrogen-bond acceptors (Lipinski definition) is 1. The third-order valence-corrected chi connectivity index (χ3v) is 6.23. The number of nitrogens with two attached hydrogens (primary N) is 1. The summed E-state index contributed by atoms with van der Waals surface area (Å²) in [5, 5.41) is 2.82. The summed E-state index contributed by atoms with van der Waals surface area (Å²) < 4.78 is 0. The molecule has 0 aliphatic heterocycles. The van der Waals surface area contributed by atoms with Crippen LogP contribution in [0.25, 0.3) is 0 Å². The Morgan fingerprint density at radius 1 is 0.850 bits per heavy atom. The van der Waals surface area contributed by atoms with Gasteiger partial charge in [-0.3, -0.25) is 0 Å². The van der Waals surface area contributed by atoms with Gasteiger partial charge in [0.1, 0.15) is 0 Å². The molecule has 1 unspecified atom stereocenters. The third kappa shape index (κ3) is 3.91. The van der Waals surface area contributed by atoms with E-state index >= 15 is 0 Å². The first-order valence-electron chi connectivity index (χ1n) is 7.12. The molecule has 1 atom stereocenters. The Bertz CT molecular complexity index is 477. The van der Waals surface area contributed by atoms with Crippen LogP contribution in [0.4, 0.5) is 0 Å². The molecule has 0 spiro atoms. The van der Waals surface area contributed by atoms with E-state index in [-0.39, 0.29) is 19.4 Å². The Hall–Kier alpha value is -1.17. The number of rotatable bonds is 4. The molecule has 2 heteroatoms. The maximum Gasteiger partial charge on any atom is 0.0133 e. The number of benzene rings is 2. The minimum Gasteiger partial charge on any atom is -0.327 e. The molecule has 0 radical (unpaired) electrons. The van der Waals surface area contributed by atoms with Crippen molar-refractivity contribution in [2.75, 3.05) is 6.16 Å². The lowest BCUT2D eigenvalue weighted by atomic mass is 9.89. The third-order valence-electron chi connectivity index (χ3n) is 3.63. The molecule has 0 heterocycles. The van der Waals surface area contributed by atoms with Gasteiger partial charge in [0.05, 0.1) is 0 Å². The van der Waals surface area contributed by atoms with Crippen molar-refractivity contribution < 1.29 is 0 Å². The van der Waals surface area contributed by atoms with E-state index in [1.165, 1.54) is 10.6 Å². The first kappa shape index (κ1) is 15.2. The molecule has 0 aliphatic rings. The van der Waals surface area contributed by atoms with Crippen LogP contribution in [0.3, 0.4) is 0 Å². The van der Waals surface area contributed by atoms with Gasteiger partial charge < -0.3 is 5.73 Å². The molecule has 0 amide bonds. The first-order chi connectivity index (χ1) is 9.48. The molecule has 106 valence electrons. The Morgan fingerprint density at radius 3 is 1.60 bits per heavy atom. The molecule has 2 N–H and O–H groups in total. The molecule has 0 bridgehead atoms. The predicted octanol–water partition coefficient (Wildman–Crippen LogP) is 3.49. The molecule has 0 saturated carbocycles. The zero-order valence-electron chi connectivity index (χ0n) is 12.6. The average molecular weight is 285 g/mol. The van der Waals surface area contributed by atoms with E-state index in [1.54, 1.807) is 0 Å². The largest absolute Gasteiger partial charge is 0.327 e. The van der Waals surface area contributed by atoms with Crippen molar-refractivity contribution in [3.8, 4) is 0 Å². The minimum atomic E-state index is -0.380. The quantitative estimate of drug-likeness (QED) is 0.855. The molecule has 0 aromatic heterocycles. The summed E-state index contributed by atoms with van der Waals surface area (Å²) in [6.07, 6.45) is 1.03. The molecule has 2 aromatic carbocycles. The van der Waals surface area contributed by atoms with Gasteiger partial charge in [0, 0.05) is 6.04 Å².